The molecule has 1 aliphatic rings. The molecule has 5 heteroatoms. The summed E-state index contributed by atoms with van der Waals surface area (Å²) in [5.74, 6) is 1.90. The van der Waals surface area contributed by atoms with Crippen molar-refractivity contribution >= 4 is 43.6 Å². The third-order valence-electron chi connectivity index (χ3n) is 12.3. The summed E-state index contributed by atoms with van der Waals surface area (Å²) in [5.41, 5.74) is 14.7. The van der Waals surface area contributed by atoms with Crippen LogP contribution in [0.4, 0.5) is 0 Å². The lowest BCUT2D eigenvalue weighted by atomic mass is 9.82. The fraction of sp³-hybridized carbons (Fsp3) is 0.0545. The number of nitrogens with zero attached hydrogens (tertiary/aromatic N) is 4. The average Bonchev–Trinajstić information content (AvgIpc) is 3.81. The van der Waals surface area contributed by atoms with Crippen molar-refractivity contribution in [2.24, 2.45) is 0 Å². The van der Waals surface area contributed by atoms with Gasteiger partial charge in [-0.15, -0.1) is 0 Å². The molecule has 0 unspecified atom stereocenters. The lowest BCUT2D eigenvalue weighted by Gasteiger charge is -2.21. The number of furan rings is 1. The maximum atomic E-state index is 6.80. The van der Waals surface area contributed by atoms with Crippen LogP contribution in [-0.4, -0.2) is 19.9 Å². The second-order valence-corrected chi connectivity index (χ2v) is 16.2. The van der Waals surface area contributed by atoms with Gasteiger partial charge in [0.2, 0.25) is 0 Å². The molecule has 0 aliphatic heterocycles. The van der Waals surface area contributed by atoms with Crippen LogP contribution < -0.4 is 0 Å². The highest BCUT2D eigenvalue weighted by Crippen LogP contribution is 2.49. The van der Waals surface area contributed by atoms with E-state index < -0.39 is 0 Å². The number of hydrogen-bond acceptors (Lipinski definition) is 5. The molecular weight excluding hydrogens is 733 g/mol. The summed E-state index contributed by atoms with van der Waals surface area (Å²) in [6.45, 7) is 4.60. The van der Waals surface area contributed by atoms with E-state index in [2.05, 4.69) is 159 Å². The van der Waals surface area contributed by atoms with Crippen LogP contribution >= 0.6 is 0 Å². The normalized spacial score (nSPS) is 13.0. The van der Waals surface area contributed by atoms with Gasteiger partial charge in [-0.3, -0.25) is 0 Å². The number of benzene rings is 8. The highest BCUT2D eigenvalue weighted by molar-refractivity contribution is 6.29. The summed E-state index contributed by atoms with van der Waals surface area (Å²) >= 11 is 0. The quantitative estimate of drug-likeness (QED) is 0.163. The van der Waals surface area contributed by atoms with Crippen LogP contribution in [0.1, 0.15) is 25.0 Å². The summed E-state index contributed by atoms with van der Waals surface area (Å²) in [6.07, 6.45) is 0. The van der Waals surface area contributed by atoms with Crippen LogP contribution in [0.2, 0.25) is 0 Å². The van der Waals surface area contributed by atoms with E-state index in [1.807, 2.05) is 36.4 Å². The van der Waals surface area contributed by atoms with Gasteiger partial charge in [-0.2, -0.15) is 0 Å². The third-order valence-corrected chi connectivity index (χ3v) is 12.3. The Morgan fingerprint density at radius 3 is 1.75 bits per heavy atom. The lowest BCUT2D eigenvalue weighted by molar-refractivity contribution is 0.660. The molecule has 282 valence electrons. The minimum atomic E-state index is -0.0795. The Bertz CT molecular complexity index is 3500. The monoisotopic (exact) mass is 768 g/mol. The van der Waals surface area contributed by atoms with Crippen molar-refractivity contribution in [2.75, 3.05) is 0 Å². The topological polar surface area (TPSA) is 64.7 Å². The van der Waals surface area contributed by atoms with Gasteiger partial charge in [-0.1, -0.05) is 172 Å². The van der Waals surface area contributed by atoms with Crippen LogP contribution in [0, 0.1) is 0 Å². The molecule has 0 saturated heterocycles. The molecule has 3 heterocycles. The highest BCUT2D eigenvalue weighted by Gasteiger charge is 2.35. The maximum absolute atomic E-state index is 6.80. The molecule has 0 fully saturated rings. The third kappa shape index (κ3) is 5.26. The van der Waals surface area contributed by atoms with Gasteiger partial charge in [0.1, 0.15) is 11.2 Å². The first-order chi connectivity index (χ1) is 29.5. The Kier molecular flexibility index (Phi) is 7.51. The van der Waals surface area contributed by atoms with Gasteiger partial charge < -0.3 is 4.42 Å². The molecule has 8 aromatic carbocycles. The van der Waals surface area contributed by atoms with Crippen molar-refractivity contribution in [1.82, 2.24) is 19.9 Å². The van der Waals surface area contributed by atoms with Gasteiger partial charge in [-0.25, -0.2) is 19.9 Å². The summed E-state index contributed by atoms with van der Waals surface area (Å²) < 4.78 is 6.80. The molecule has 0 atom stereocenters. The van der Waals surface area contributed by atoms with Crippen LogP contribution in [0.3, 0.4) is 0 Å². The minimum Gasteiger partial charge on any atom is -0.455 e. The van der Waals surface area contributed by atoms with Crippen molar-refractivity contribution in [3.05, 3.63) is 193 Å². The van der Waals surface area contributed by atoms with Crippen LogP contribution in [0.5, 0.6) is 0 Å². The van der Waals surface area contributed by atoms with Crippen LogP contribution in [0.25, 0.3) is 111 Å². The molecule has 0 N–H and O–H groups in total. The predicted octanol–water partition coefficient (Wildman–Crippen LogP) is 14.1. The minimum absolute atomic E-state index is 0.0795. The molecule has 11 aromatic rings. The average molecular weight is 769 g/mol. The zero-order chi connectivity index (χ0) is 40.0. The van der Waals surface area contributed by atoms with Crippen molar-refractivity contribution in [3.8, 4) is 67.7 Å². The number of hydrogen-bond donors (Lipinski definition) is 0. The SMILES string of the molecule is CC1(C)c2ccccc2-c2cc(-c3nc(-c4ccccc4)nc(-c4ccc(-c5cccc6c5oc5ccc7c(-c8ccccc8)nc8ccccc8c7c56)cc4)n3)ccc21. The fourth-order valence-electron chi connectivity index (χ4n) is 9.38. The zero-order valence-electron chi connectivity index (χ0n) is 33.0. The van der Waals surface area contributed by atoms with E-state index in [0.29, 0.717) is 17.5 Å². The smallest absolute Gasteiger partial charge is 0.164 e. The first kappa shape index (κ1) is 34.3. The number of pyridine rings is 1. The van der Waals surface area contributed by atoms with E-state index in [1.54, 1.807) is 0 Å². The molecule has 0 saturated carbocycles. The first-order valence-electron chi connectivity index (χ1n) is 20.4. The number of rotatable bonds is 5. The molecule has 5 nitrogen and oxygen atoms in total. The van der Waals surface area contributed by atoms with Crippen molar-refractivity contribution < 1.29 is 4.42 Å². The number of aromatic nitrogens is 4. The summed E-state index contributed by atoms with van der Waals surface area (Å²) in [6, 6.07) is 63.5. The second-order valence-electron chi connectivity index (χ2n) is 16.2. The van der Waals surface area contributed by atoms with Crippen molar-refractivity contribution in [1.29, 1.82) is 0 Å². The van der Waals surface area contributed by atoms with Crippen molar-refractivity contribution in [2.45, 2.75) is 19.3 Å². The van der Waals surface area contributed by atoms with Crippen molar-refractivity contribution in [3.63, 3.8) is 0 Å². The number of fused-ring (bicyclic) bond motifs is 10. The largest absolute Gasteiger partial charge is 0.455 e. The summed E-state index contributed by atoms with van der Waals surface area (Å²) in [5, 5.41) is 5.53. The van der Waals surface area contributed by atoms with E-state index in [4.69, 9.17) is 24.4 Å². The van der Waals surface area contributed by atoms with Gasteiger partial charge >= 0.3 is 0 Å². The highest BCUT2D eigenvalue weighted by atomic mass is 16.3. The second kappa shape index (κ2) is 13.1. The van der Waals surface area contributed by atoms with E-state index in [9.17, 15) is 0 Å². The zero-order valence-corrected chi connectivity index (χ0v) is 33.0. The molecule has 0 spiro atoms. The fourth-order valence-corrected chi connectivity index (χ4v) is 9.38. The summed E-state index contributed by atoms with van der Waals surface area (Å²) in [4.78, 5) is 20.4. The van der Waals surface area contributed by atoms with Crippen LogP contribution in [0.15, 0.2) is 186 Å². The van der Waals surface area contributed by atoms with E-state index >= 15 is 0 Å². The molecule has 0 amide bonds. The van der Waals surface area contributed by atoms with Gasteiger partial charge in [-0.05, 0) is 52.1 Å². The molecule has 12 rings (SSSR count). The van der Waals surface area contributed by atoms with Gasteiger partial charge in [0.25, 0.3) is 0 Å². The number of para-hydroxylation sites is 2. The molecule has 3 aromatic heterocycles. The molecule has 1 aliphatic carbocycles. The molecule has 0 radical (unpaired) electrons. The molecule has 60 heavy (non-hydrogen) atoms. The standard InChI is InChI=1S/C55H36N4O/c1-55(2)44-22-11-9-18-39(44)43-32-37(28-30-45(43)55)54-58-52(35-16-7-4-8-17-35)57-53(59-54)36-26-24-33(25-27-36)38-20-13-21-42-49-47(60-51(38)42)31-29-41-48(49)40-19-10-12-23-46(40)56-50(41)34-14-5-3-6-15-34/h3-32H,1-2H3. The molecule has 0 bridgehead atoms. The van der Waals surface area contributed by atoms with E-state index in [1.165, 1.54) is 22.3 Å². The van der Waals surface area contributed by atoms with Gasteiger partial charge in [0.15, 0.2) is 17.5 Å². The van der Waals surface area contributed by atoms with Gasteiger partial charge in [0, 0.05) is 60.2 Å². The van der Waals surface area contributed by atoms with E-state index in [0.717, 1.165) is 82.7 Å². The Balaban J connectivity index is 0.984. The Labute approximate surface area is 346 Å². The first-order valence-corrected chi connectivity index (χ1v) is 20.4. The Hall–Kier alpha value is -7.76. The van der Waals surface area contributed by atoms with E-state index in [-0.39, 0.29) is 5.41 Å². The summed E-state index contributed by atoms with van der Waals surface area (Å²) in [7, 11) is 0. The lowest BCUT2D eigenvalue weighted by Crippen LogP contribution is -2.14. The Morgan fingerprint density at radius 2 is 0.967 bits per heavy atom. The molecular formula is C55H36N4O. The van der Waals surface area contributed by atoms with Gasteiger partial charge in [0.05, 0.1) is 11.2 Å². The predicted molar refractivity (Wildman–Crippen MR) is 245 cm³/mol. The maximum Gasteiger partial charge on any atom is 0.164 e. The Morgan fingerprint density at radius 1 is 0.383 bits per heavy atom. The van der Waals surface area contributed by atoms with Crippen LogP contribution in [-0.2, 0) is 5.41 Å².